The van der Waals surface area contributed by atoms with Crippen LogP contribution in [-0.4, -0.2) is 0 Å². The van der Waals surface area contributed by atoms with Gasteiger partial charge in [0.25, 0.3) is 0 Å². The summed E-state index contributed by atoms with van der Waals surface area (Å²) in [5.74, 6) is 1.62. The second-order valence-corrected chi connectivity index (χ2v) is 4.80. The van der Waals surface area contributed by atoms with E-state index in [9.17, 15) is 0 Å². The lowest BCUT2D eigenvalue weighted by Gasteiger charge is -2.13. The van der Waals surface area contributed by atoms with Gasteiger partial charge in [-0.15, -0.1) is 0 Å². The van der Waals surface area contributed by atoms with Gasteiger partial charge in [-0.05, 0) is 37.3 Å². The van der Waals surface area contributed by atoms with E-state index in [2.05, 4.69) is 15.9 Å². The van der Waals surface area contributed by atoms with Gasteiger partial charge in [0.05, 0.1) is 0 Å². The minimum absolute atomic E-state index is 0.0401. The molecule has 2 aromatic rings. The standard InChI is InChI=1S/C14H14BrNO/c1-10(16)13-4-2-3-5-14(13)17-12-8-6-11(15)7-9-12/h2-10H,16H2,1H3/t10-/m1/s1. The molecule has 1 atom stereocenters. The largest absolute Gasteiger partial charge is 0.457 e. The van der Waals surface area contributed by atoms with Crippen molar-refractivity contribution < 1.29 is 4.74 Å². The Kier molecular flexibility index (Phi) is 3.82. The van der Waals surface area contributed by atoms with E-state index in [1.807, 2.05) is 55.5 Å². The van der Waals surface area contributed by atoms with E-state index in [4.69, 9.17) is 10.5 Å². The summed E-state index contributed by atoms with van der Waals surface area (Å²) in [5.41, 5.74) is 6.91. The highest BCUT2D eigenvalue weighted by Crippen LogP contribution is 2.29. The quantitative estimate of drug-likeness (QED) is 0.917. The zero-order valence-electron chi connectivity index (χ0n) is 9.56. The molecule has 0 aliphatic heterocycles. The summed E-state index contributed by atoms with van der Waals surface area (Å²) in [6, 6.07) is 15.5. The van der Waals surface area contributed by atoms with Gasteiger partial charge in [-0.1, -0.05) is 34.1 Å². The van der Waals surface area contributed by atoms with Crippen molar-refractivity contribution in [3.8, 4) is 11.5 Å². The lowest BCUT2D eigenvalue weighted by atomic mass is 10.1. The number of benzene rings is 2. The first-order chi connectivity index (χ1) is 8.16. The highest BCUT2D eigenvalue weighted by Gasteiger charge is 2.07. The molecule has 0 spiro atoms. The number of nitrogens with two attached hydrogens (primary N) is 1. The molecule has 0 saturated carbocycles. The minimum atomic E-state index is -0.0401. The van der Waals surface area contributed by atoms with Gasteiger partial charge < -0.3 is 10.5 Å². The summed E-state index contributed by atoms with van der Waals surface area (Å²) in [6.07, 6.45) is 0. The Bertz CT molecular complexity index is 494. The predicted molar refractivity (Wildman–Crippen MR) is 73.3 cm³/mol. The van der Waals surface area contributed by atoms with Crippen LogP contribution >= 0.6 is 15.9 Å². The SMILES string of the molecule is C[C@@H](N)c1ccccc1Oc1ccc(Br)cc1. The maximum Gasteiger partial charge on any atom is 0.132 e. The summed E-state index contributed by atoms with van der Waals surface area (Å²) >= 11 is 3.39. The Labute approximate surface area is 110 Å². The molecule has 0 saturated heterocycles. The Morgan fingerprint density at radius 2 is 1.71 bits per heavy atom. The number of rotatable bonds is 3. The number of hydrogen-bond donors (Lipinski definition) is 1. The summed E-state index contributed by atoms with van der Waals surface area (Å²) in [7, 11) is 0. The molecule has 0 radical (unpaired) electrons. The smallest absolute Gasteiger partial charge is 0.132 e. The van der Waals surface area contributed by atoms with E-state index in [0.29, 0.717) is 0 Å². The van der Waals surface area contributed by atoms with Crippen LogP contribution < -0.4 is 10.5 Å². The molecule has 0 bridgehead atoms. The molecule has 0 fully saturated rings. The first kappa shape index (κ1) is 12.1. The van der Waals surface area contributed by atoms with Crippen molar-refractivity contribution in [2.24, 2.45) is 5.73 Å². The average Bonchev–Trinajstić information content (AvgIpc) is 2.32. The van der Waals surface area contributed by atoms with Gasteiger partial charge in [0.1, 0.15) is 11.5 Å². The second kappa shape index (κ2) is 5.34. The van der Waals surface area contributed by atoms with E-state index in [1.165, 1.54) is 0 Å². The first-order valence-electron chi connectivity index (χ1n) is 5.45. The van der Waals surface area contributed by atoms with Crippen LogP contribution in [0.5, 0.6) is 11.5 Å². The van der Waals surface area contributed by atoms with Crippen LogP contribution in [0.4, 0.5) is 0 Å². The van der Waals surface area contributed by atoms with Crippen molar-refractivity contribution in [2.75, 3.05) is 0 Å². The van der Waals surface area contributed by atoms with Crippen molar-refractivity contribution >= 4 is 15.9 Å². The van der Waals surface area contributed by atoms with Gasteiger partial charge in [-0.3, -0.25) is 0 Å². The third kappa shape index (κ3) is 3.08. The summed E-state index contributed by atoms with van der Waals surface area (Å²) in [4.78, 5) is 0. The summed E-state index contributed by atoms with van der Waals surface area (Å²) in [6.45, 7) is 1.95. The van der Waals surface area contributed by atoms with Crippen LogP contribution in [0.2, 0.25) is 0 Å². The summed E-state index contributed by atoms with van der Waals surface area (Å²) < 4.78 is 6.86. The molecule has 0 aromatic heterocycles. The van der Waals surface area contributed by atoms with Crippen LogP contribution in [0, 0.1) is 0 Å². The van der Waals surface area contributed by atoms with Crippen molar-refractivity contribution in [2.45, 2.75) is 13.0 Å². The minimum Gasteiger partial charge on any atom is -0.457 e. The molecule has 0 aliphatic carbocycles. The van der Waals surface area contributed by atoms with E-state index in [0.717, 1.165) is 21.5 Å². The highest BCUT2D eigenvalue weighted by molar-refractivity contribution is 9.10. The molecule has 0 heterocycles. The van der Waals surface area contributed by atoms with Gasteiger partial charge in [-0.25, -0.2) is 0 Å². The van der Waals surface area contributed by atoms with Crippen molar-refractivity contribution in [3.63, 3.8) is 0 Å². The fraction of sp³-hybridized carbons (Fsp3) is 0.143. The van der Waals surface area contributed by atoms with Crippen molar-refractivity contribution in [1.82, 2.24) is 0 Å². The first-order valence-corrected chi connectivity index (χ1v) is 6.24. The molecule has 2 nitrogen and oxygen atoms in total. The average molecular weight is 292 g/mol. The third-order valence-electron chi connectivity index (χ3n) is 2.45. The Hall–Kier alpha value is -1.32. The van der Waals surface area contributed by atoms with Gasteiger partial charge in [0.15, 0.2) is 0 Å². The fourth-order valence-electron chi connectivity index (χ4n) is 1.58. The fourth-order valence-corrected chi connectivity index (χ4v) is 1.84. The molecule has 3 heteroatoms. The Morgan fingerprint density at radius 3 is 2.35 bits per heavy atom. The van der Waals surface area contributed by atoms with Crippen LogP contribution in [0.1, 0.15) is 18.5 Å². The molecule has 2 rings (SSSR count). The zero-order valence-corrected chi connectivity index (χ0v) is 11.1. The Morgan fingerprint density at radius 1 is 1.06 bits per heavy atom. The highest BCUT2D eigenvalue weighted by atomic mass is 79.9. The number of para-hydroxylation sites is 1. The molecule has 0 unspecified atom stereocenters. The molecule has 0 aliphatic rings. The monoisotopic (exact) mass is 291 g/mol. The van der Waals surface area contributed by atoms with Crippen LogP contribution in [0.15, 0.2) is 53.0 Å². The number of halogens is 1. The lowest BCUT2D eigenvalue weighted by Crippen LogP contribution is -2.06. The molecule has 2 N–H and O–H groups in total. The van der Waals surface area contributed by atoms with Gasteiger partial charge in [0.2, 0.25) is 0 Å². The van der Waals surface area contributed by atoms with Crippen molar-refractivity contribution in [1.29, 1.82) is 0 Å². The van der Waals surface area contributed by atoms with Gasteiger partial charge in [-0.2, -0.15) is 0 Å². The molecular formula is C14H14BrNO. The molecular weight excluding hydrogens is 278 g/mol. The van der Waals surface area contributed by atoms with E-state index < -0.39 is 0 Å². The molecule has 88 valence electrons. The van der Waals surface area contributed by atoms with E-state index >= 15 is 0 Å². The lowest BCUT2D eigenvalue weighted by molar-refractivity contribution is 0.472. The molecule has 0 amide bonds. The number of hydrogen-bond acceptors (Lipinski definition) is 2. The Balaban J connectivity index is 2.26. The van der Waals surface area contributed by atoms with Crippen LogP contribution in [0.3, 0.4) is 0 Å². The van der Waals surface area contributed by atoms with Gasteiger partial charge in [0, 0.05) is 16.1 Å². The maximum atomic E-state index is 5.90. The van der Waals surface area contributed by atoms with Gasteiger partial charge >= 0.3 is 0 Å². The number of ether oxygens (including phenoxy) is 1. The third-order valence-corrected chi connectivity index (χ3v) is 2.98. The van der Waals surface area contributed by atoms with Crippen molar-refractivity contribution in [3.05, 3.63) is 58.6 Å². The van der Waals surface area contributed by atoms with E-state index in [-0.39, 0.29) is 6.04 Å². The normalized spacial score (nSPS) is 12.2. The summed E-state index contributed by atoms with van der Waals surface area (Å²) in [5, 5.41) is 0. The van der Waals surface area contributed by atoms with E-state index in [1.54, 1.807) is 0 Å². The zero-order chi connectivity index (χ0) is 12.3. The van der Waals surface area contributed by atoms with Crippen LogP contribution in [-0.2, 0) is 0 Å². The predicted octanol–water partition coefficient (Wildman–Crippen LogP) is 4.26. The topological polar surface area (TPSA) is 35.2 Å². The second-order valence-electron chi connectivity index (χ2n) is 3.88. The molecule has 17 heavy (non-hydrogen) atoms. The van der Waals surface area contributed by atoms with Crippen LogP contribution in [0.25, 0.3) is 0 Å². The maximum absolute atomic E-state index is 5.90. The molecule has 2 aromatic carbocycles.